The molecular weight excluding hydrogens is 354 g/mol. The molecule has 0 aromatic heterocycles. The first kappa shape index (κ1) is 21.7. The van der Waals surface area contributed by atoms with Gasteiger partial charge in [-0.1, -0.05) is 63.6 Å². The number of nitrogens with one attached hydrogen (secondary N) is 1. The Morgan fingerprint density at radius 1 is 1.26 bits per heavy atom. The van der Waals surface area contributed by atoms with E-state index in [1.807, 2.05) is 36.4 Å². The number of rotatable bonds is 8. The summed E-state index contributed by atoms with van der Waals surface area (Å²) in [5, 5.41) is 3.21. The minimum Gasteiger partial charge on any atom is -0.445 e. The van der Waals surface area contributed by atoms with Crippen molar-refractivity contribution in [2.75, 3.05) is 6.61 Å². The van der Waals surface area contributed by atoms with Crippen LogP contribution in [0.15, 0.2) is 43.0 Å². The summed E-state index contributed by atoms with van der Waals surface area (Å²) in [7, 11) is -1.93. The minimum absolute atomic E-state index is 0.118. The first-order chi connectivity index (χ1) is 12.6. The third kappa shape index (κ3) is 5.45. The maximum absolute atomic E-state index is 12.5. The van der Waals surface area contributed by atoms with Crippen molar-refractivity contribution in [1.29, 1.82) is 0 Å². The Hall–Kier alpha value is -1.59. The van der Waals surface area contributed by atoms with Gasteiger partial charge in [-0.25, -0.2) is 4.79 Å². The monoisotopic (exact) mass is 389 g/mol. The van der Waals surface area contributed by atoms with E-state index < -0.39 is 19.9 Å². The molecule has 1 atom stereocenters. The second-order valence-electron chi connectivity index (χ2n) is 9.11. The predicted molar refractivity (Wildman–Crippen MR) is 113 cm³/mol. The number of hydrogen-bond acceptors (Lipinski definition) is 3. The van der Waals surface area contributed by atoms with Gasteiger partial charge in [-0.3, -0.25) is 0 Å². The highest BCUT2D eigenvalue weighted by Crippen LogP contribution is 2.41. The lowest BCUT2D eigenvalue weighted by Crippen LogP contribution is -2.59. The van der Waals surface area contributed by atoms with Gasteiger partial charge in [0.15, 0.2) is 8.32 Å². The zero-order valence-corrected chi connectivity index (χ0v) is 18.5. The molecule has 27 heavy (non-hydrogen) atoms. The van der Waals surface area contributed by atoms with Gasteiger partial charge in [-0.05, 0) is 42.5 Å². The SMILES string of the molecule is C=CC(CO[Si](C)(C)C(C)(C)C)(NC(=O)OCc1ccccc1)C1CCC1. The van der Waals surface area contributed by atoms with E-state index in [2.05, 4.69) is 45.8 Å². The van der Waals surface area contributed by atoms with Crippen LogP contribution >= 0.6 is 0 Å². The average Bonchev–Trinajstić information content (AvgIpc) is 2.56. The van der Waals surface area contributed by atoms with Crippen molar-refractivity contribution in [1.82, 2.24) is 5.32 Å². The molecule has 5 heteroatoms. The maximum Gasteiger partial charge on any atom is 0.408 e. The van der Waals surface area contributed by atoms with Crippen LogP contribution in [0.2, 0.25) is 18.1 Å². The van der Waals surface area contributed by atoms with Gasteiger partial charge in [0.05, 0.1) is 12.1 Å². The fourth-order valence-electron chi connectivity index (χ4n) is 2.92. The van der Waals surface area contributed by atoms with Crippen molar-refractivity contribution in [3.63, 3.8) is 0 Å². The molecule has 0 radical (unpaired) electrons. The minimum atomic E-state index is -1.93. The van der Waals surface area contributed by atoms with E-state index in [4.69, 9.17) is 9.16 Å². The smallest absolute Gasteiger partial charge is 0.408 e. The molecule has 1 fully saturated rings. The van der Waals surface area contributed by atoms with Gasteiger partial charge in [0.25, 0.3) is 0 Å². The molecule has 0 bridgehead atoms. The van der Waals surface area contributed by atoms with Crippen molar-refractivity contribution >= 4 is 14.4 Å². The largest absolute Gasteiger partial charge is 0.445 e. The summed E-state index contributed by atoms with van der Waals surface area (Å²) >= 11 is 0. The van der Waals surface area contributed by atoms with Crippen LogP contribution in [-0.2, 0) is 15.8 Å². The zero-order valence-electron chi connectivity index (χ0n) is 17.5. The Bertz CT molecular complexity index is 635. The Morgan fingerprint density at radius 2 is 1.89 bits per heavy atom. The summed E-state index contributed by atoms with van der Waals surface area (Å²) < 4.78 is 11.9. The van der Waals surface area contributed by atoms with E-state index in [1.54, 1.807) is 0 Å². The third-order valence-corrected chi connectivity index (χ3v) is 10.7. The lowest BCUT2D eigenvalue weighted by Gasteiger charge is -2.46. The van der Waals surface area contributed by atoms with Gasteiger partial charge in [0.1, 0.15) is 6.61 Å². The van der Waals surface area contributed by atoms with Crippen LogP contribution in [0.4, 0.5) is 4.79 Å². The fourth-order valence-corrected chi connectivity index (χ4v) is 3.95. The summed E-state index contributed by atoms with van der Waals surface area (Å²) in [6.07, 6.45) is 4.77. The number of ether oxygens (including phenoxy) is 1. The maximum atomic E-state index is 12.5. The molecule has 1 aromatic rings. The highest BCUT2D eigenvalue weighted by molar-refractivity contribution is 6.74. The average molecular weight is 390 g/mol. The standard InChI is InChI=1S/C22H35NO3Si/c1-7-22(19-14-11-15-19,17-26-27(5,6)21(2,3)4)23-20(24)25-16-18-12-9-8-10-13-18/h7-10,12-13,19H,1,11,14-17H2,2-6H3,(H,23,24). The van der Waals surface area contributed by atoms with Gasteiger partial charge in [0, 0.05) is 0 Å². The molecule has 0 heterocycles. The van der Waals surface area contributed by atoms with Crippen molar-refractivity contribution in [2.45, 2.75) is 70.3 Å². The van der Waals surface area contributed by atoms with Crippen LogP contribution in [0.3, 0.4) is 0 Å². The summed E-state index contributed by atoms with van der Waals surface area (Å²) in [5.74, 6) is 0.351. The summed E-state index contributed by atoms with van der Waals surface area (Å²) in [5.41, 5.74) is 0.402. The zero-order chi connectivity index (χ0) is 20.1. The lowest BCUT2D eigenvalue weighted by atomic mass is 9.71. The van der Waals surface area contributed by atoms with Gasteiger partial charge in [-0.15, -0.1) is 6.58 Å². The fraction of sp³-hybridized carbons (Fsp3) is 0.591. The predicted octanol–water partition coefficient (Wildman–Crippen LogP) is 5.66. The van der Waals surface area contributed by atoms with Crippen molar-refractivity contribution in [3.05, 3.63) is 48.6 Å². The number of hydrogen-bond donors (Lipinski definition) is 1. The van der Waals surface area contributed by atoms with Crippen LogP contribution in [0.5, 0.6) is 0 Å². The number of amides is 1. The summed E-state index contributed by atoms with van der Waals surface area (Å²) in [4.78, 5) is 12.5. The molecule has 1 saturated carbocycles. The number of benzene rings is 1. The molecule has 1 aliphatic carbocycles. The van der Waals surface area contributed by atoms with Crippen molar-refractivity contribution < 1.29 is 14.0 Å². The Morgan fingerprint density at radius 3 is 2.37 bits per heavy atom. The molecule has 1 aromatic carbocycles. The van der Waals surface area contributed by atoms with Gasteiger partial charge in [0.2, 0.25) is 0 Å². The van der Waals surface area contributed by atoms with E-state index in [0.29, 0.717) is 12.5 Å². The summed E-state index contributed by atoms with van der Waals surface area (Å²) in [6.45, 7) is 15.9. The third-order valence-electron chi connectivity index (χ3n) is 6.22. The number of alkyl carbamates (subject to hydrolysis) is 1. The number of carbonyl (C=O) groups is 1. The van der Waals surface area contributed by atoms with Crippen molar-refractivity contribution in [3.8, 4) is 0 Å². The Balaban J connectivity index is 2.04. The quantitative estimate of drug-likeness (QED) is 0.461. The molecule has 1 N–H and O–H groups in total. The highest BCUT2D eigenvalue weighted by Gasteiger charge is 2.45. The molecule has 1 unspecified atom stereocenters. The number of carbonyl (C=O) groups excluding carboxylic acids is 1. The van der Waals surface area contributed by atoms with E-state index in [-0.39, 0.29) is 11.6 Å². The van der Waals surface area contributed by atoms with Crippen LogP contribution in [0.25, 0.3) is 0 Å². The lowest BCUT2D eigenvalue weighted by molar-refractivity contribution is 0.0786. The molecule has 1 amide bonds. The molecule has 0 spiro atoms. The topological polar surface area (TPSA) is 47.6 Å². The van der Waals surface area contributed by atoms with Gasteiger partial charge < -0.3 is 14.5 Å². The molecule has 2 rings (SSSR count). The second kappa shape index (κ2) is 8.61. The van der Waals surface area contributed by atoms with E-state index in [1.165, 1.54) is 6.42 Å². The van der Waals surface area contributed by atoms with E-state index in [0.717, 1.165) is 18.4 Å². The molecule has 150 valence electrons. The van der Waals surface area contributed by atoms with Crippen LogP contribution in [-0.4, -0.2) is 26.6 Å². The van der Waals surface area contributed by atoms with Crippen LogP contribution < -0.4 is 5.32 Å². The van der Waals surface area contributed by atoms with Crippen LogP contribution in [0, 0.1) is 5.92 Å². The van der Waals surface area contributed by atoms with Gasteiger partial charge >= 0.3 is 6.09 Å². The van der Waals surface area contributed by atoms with Crippen molar-refractivity contribution in [2.24, 2.45) is 5.92 Å². The molecule has 0 aliphatic heterocycles. The summed E-state index contributed by atoms with van der Waals surface area (Å²) in [6, 6.07) is 9.71. The molecular formula is C22H35NO3Si. The van der Waals surface area contributed by atoms with Gasteiger partial charge in [-0.2, -0.15) is 0 Å². The second-order valence-corrected chi connectivity index (χ2v) is 13.9. The van der Waals surface area contributed by atoms with E-state index in [9.17, 15) is 4.79 Å². The first-order valence-corrected chi connectivity index (χ1v) is 12.8. The van der Waals surface area contributed by atoms with E-state index >= 15 is 0 Å². The molecule has 0 saturated heterocycles. The highest BCUT2D eigenvalue weighted by atomic mass is 28.4. The molecule has 1 aliphatic rings. The Labute approximate surface area is 165 Å². The van der Waals surface area contributed by atoms with Crippen LogP contribution in [0.1, 0.15) is 45.6 Å². The first-order valence-electron chi connectivity index (χ1n) is 9.86. The normalized spacial score (nSPS) is 17.5. The Kier molecular flexibility index (Phi) is 6.92. The molecule has 4 nitrogen and oxygen atoms in total.